The van der Waals surface area contributed by atoms with Crippen LogP contribution in [0.25, 0.3) is 0 Å². The zero-order valence-electron chi connectivity index (χ0n) is 16.5. The molecule has 0 heterocycles. The number of ether oxygens (including phenoxy) is 1. The second-order valence-electron chi connectivity index (χ2n) is 6.78. The first-order chi connectivity index (χ1) is 13.2. The van der Waals surface area contributed by atoms with Crippen molar-refractivity contribution in [2.24, 2.45) is 0 Å². The van der Waals surface area contributed by atoms with Gasteiger partial charge in [-0.3, -0.25) is 14.4 Å². The van der Waals surface area contributed by atoms with Gasteiger partial charge in [0.15, 0.2) is 11.9 Å². The first kappa shape index (κ1) is 21.6. The van der Waals surface area contributed by atoms with Crippen molar-refractivity contribution in [2.45, 2.75) is 46.6 Å². The molecule has 0 saturated carbocycles. The fraction of sp³-hybridized carbons (Fsp3) is 0.318. The Bertz CT molecular complexity index is 907. The number of hydrogen-bond acceptors (Lipinski definition) is 4. The second kappa shape index (κ2) is 9.51. The summed E-state index contributed by atoms with van der Waals surface area (Å²) in [7, 11) is 0. The largest absolute Gasteiger partial charge is 0.453 e. The monoisotopic (exact) mass is 401 g/mol. The number of hydrogen-bond donors (Lipinski definition) is 1. The van der Waals surface area contributed by atoms with E-state index in [-0.39, 0.29) is 18.6 Å². The Morgan fingerprint density at radius 2 is 1.79 bits per heavy atom. The van der Waals surface area contributed by atoms with Crippen LogP contribution in [0.1, 0.15) is 46.8 Å². The molecule has 0 bridgehead atoms. The van der Waals surface area contributed by atoms with Gasteiger partial charge < -0.3 is 10.1 Å². The summed E-state index contributed by atoms with van der Waals surface area (Å²) in [6, 6.07) is 10.8. The van der Waals surface area contributed by atoms with Crippen molar-refractivity contribution in [1.29, 1.82) is 0 Å². The Morgan fingerprint density at radius 1 is 1.07 bits per heavy atom. The Labute approximate surface area is 170 Å². The normalized spacial score (nSPS) is 11.6. The van der Waals surface area contributed by atoms with Crippen LogP contribution < -0.4 is 5.32 Å². The number of rotatable bonds is 7. The molecule has 0 aliphatic heterocycles. The Balaban J connectivity index is 1.88. The molecule has 0 radical (unpaired) electrons. The number of Topliss-reactive ketones (excluding diaryl/α,β-unsaturated/α-hetero) is 1. The van der Waals surface area contributed by atoms with E-state index in [9.17, 15) is 14.4 Å². The summed E-state index contributed by atoms with van der Waals surface area (Å²) in [4.78, 5) is 36.7. The topological polar surface area (TPSA) is 72.5 Å². The summed E-state index contributed by atoms with van der Waals surface area (Å²) in [6.45, 7) is 7.04. The summed E-state index contributed by atoms with van der Waals surface area (Å²) in [5, 5.41) is 3.23. The summed E-state index contributed by atoms with van der Waals surface area (Å²) < 4.78 is 5.16. The van der Waals surface area contributed by atoms with E-state index >= 15 is 0 Å². The average Bonchev–Trinajstić information content (AvgIpc) is 2.65. The fourth-order valence-electron chi connectivity index (χ4n) is 2.67. The zero-order valence-corrected chi connectivity index (χ0v) is 17.2. The van der Waals surface area contributed by atoms with Crippen LogP contribution >= 0.6 is 11.6 Å². The van der Waals surface area contributed by atoms with Gasteiger partial charge in [-0.25, -0.2) is 0 Å². The van der Waals surface area contributed by atoms with Crippen LogP contribution in [0, 0.1) is 20.8 Å². The zero-order chi connectivity index (χ0) is 20.8. The second-order valence-corrected chi connectivity index (χ2v) is 7.18. The van der Waals surface area contributed by atoms with E-state index < -0.39 is 18.0 Å². The van der Waals surface area contributed by atoms with E-state index in [0.29, 0.717) is 16.3 Å². The quantitative estimate of drug-likeness (QED) is 0.534. The van der Waals surface area contributed by atoms with Crippen LogP contribution in [0.4, 0.5) is 5.69 Å². The molecule has 0 fully saturated rings. The van der Waals surface area contributed by atoms with Gasteiger partial charge in [-0.05, 0) is 57.0 Å². The minimum Gasteiger partial charge on any atom is -0.453 e. The van der Waals surface area contributed by atoms with E-state index in [1.54, 1.807) is 25.1 Å². The van der Waals surface area contributed by atoms with Gasteiger partial charge in [0.1, 0.15) is 0 Å². The summed E-state index contributed by atoms with van der Waals surface area (Å²) in [6.07, 6.45) is -1.04. The molecule has 6 heteroatoms. The first-order valence-corrected chi connectivity index (χ1v) is 9.42. The molecule has 28 heavy (non-hydrogen) atoms. The lowest BCUT2D eigenvalue weighted by Crippen LogP contribution is -2.30. The molecule has 0 aromatic heterocycles. The molecule has 2 aromatic rings. The average molecular weight is 402 g/mol. The molecule has 2 aromatic carbocycles. The first-order valence-electron chi connectivity index (χ1n) is 9.05. The third-order valence-electron chi connectivity index (χ3n) is 4.45. The van der Waals surface area contributed by atoms with Gasteiger partial charge >= 0.3 is 5.97 Å². The van der Waals surface area contributed by atoms with Gasteiger partial charge in [0.2, 0.25) is 0 Å². The molecule has 1 atom stereocenters. The Morgan fingerprint density at radius 3 is 2.50 bits per heavy atom. The van der Waals surface area contributed by atoms with E-state index in [1.165, 1.54) is 6.92 Å². The number of carbonyl (C=O) groups is 3. The molecule has 0 aliphatic carbocycles. The van der Waals surface area contributed by atoms with E-state index in [2.05, 4.69) is 5.32 Å². The lowest BCUT2D eigenvalue weighted by molar-refractivity contribution is -0.153. The maximum absolute atomic E-state index is 12.4. The highest BCUT2D eigenvalue weighted by atomic mass is 35.5. The molecule has 2 rings (SSSR count). The number of halogens is 1. The number of esters is 1. The van der Waals surface area contributed by atoms with Gasteiger partial charge in [-0.2, -0.15) is 0 Å². The number of carbonyl (C=O) groups excluding carboxylic acids is 3. The van der Waals surface area contributed by atoms with E-state index in [0.717, 1.165) is 16.7 Å². The van der Waals surface area contributed by atoms with Gasteiger partial charge in [-0.15, -0.1) is 0 Å². The number of benzene rings is 2. The fourth-order valence-corrected chi connectivity index (χ4v) is 2.85. The van der Waals surface area contributed by atoms with Crippen molar-refractivity contribution in [2.75, 3.05) is 5.32 Å². The van der Waals surface area contributed by atoms with Crippen LogP contribution in [0.15, 0.2) is 36.4 Å². The number of anilines is 1. The molecule has 5 nitrogen and oxygen atoms in total. The maximum Gasteiger partial charge on any atom is 0.307 e. The minimum absolute atomic E-state index is 0.0326. The summed E-state index contributed by atoms with van der Waals surface area (Å²) in [5.74, 6) is -1.17. The van der Waals surface area contributed by atoms with Gasteiger partial charge in [0.25, 0.3) is 5.91 Å². The van der Waals surface area contributed by atoms with Crippen molar-refractivity contribution in [3.8, 4) is 0 Å². The maximum atomic E-state index is 12.4. The number of amides is 1. The summed E-state index contributed by atoms with van der Waals surface area (Å²) in [5.41, 5.74) is 3.75. The highest BCUT2D eigenvalue weighted by molar-refractivity contribution is 6.31. The molecular weight excluding hydrogens is 378 g/mol. The lowest BCUT2D eigenvalue weighted by atomic mass is 9.99. The van der Waals surface area contributed by atoms with E-state index in [4.69, 9.17) is 16.3 Å². The van der Waals surface area contributed by atoms with Gasteiger partial charge in [0, 0.05) is 22.7 Å². The SMILES string of the molecule is Cc1ccc(C)c(C(=O)CCC(=O)O[C@H](C)C(=O)Nc2cccc(Cl)c2C)c1. The molecular formula is C22H24ClNO4. The Kier molecular flexibility index (Phi) is 7.35. The standard InChI is InChI=1S/C22H24ClNO4/c1-13-8-9-14(2)17(12-13)20(25)10-11-21(26)28-16(4)22(27)24-19-7-5-6-18(23)15(19)3/h5-9,12,16H,10-11H2,1-4H3,(H,24,27)/t16-/m1/s1. The highest BCUT2D eigenvalue weighted by Gasteiger charge is 2.20. The van der Waals surface area contributed by atoms with Crippen LogP contribution in [-0.4, -0.2) is 23.8 Å². The van der Waals surface area contributed by atoms with Gasteiger partial charge in [0.05, 0.1) is 6.42 Å². The Hall–Kier alpha value is -2.66. The predicted molar refractivity (Wildman–Crippen MR) is 110 cm³/mol. The molecule has 0 saturated heterocycles. The van der Waals surface area contributed by atoms with Crippen molar-refractivity contribution < 1.29 is 19.1 Å². The van der Waals surface area contributed by atoms with Crippen molar-refractivity contribution in [3.05, 3.63) is 63.7 Å². The van der Waals surface area contributed by atoms with Crippen LogP contribution in [0.5, 0.6) is 0 Å². The predicted octanol–water partition coefficient (Wildman–Crippen LogP) is 4.80. The number of ketones is 1. The molecule has 0 aliphatic rings. The third kappa shape index (κ3) is 5.67. The summed E-state index contributed by atoms with van der Waals surface area (Å²) >= 11 is 6.03. The third-order valence-corrected chi connectivity index (χ3v) is 4.86. The van der Waals surface area contributed by atoms with Crippen molar-refractivity contribution >= 4 is 34.9 Å². The number of aryl methyl sites for hydroxylation is 2. The van der Waals surface area contributed by atoms with Crippen LogP contribution in [0.2, 0.25) is 5.02 Å². The van der Waals surface area contributed by atoms with Crippen molar-refractivity contribution in [1.82, 2.24) is 0 Å². The molecule has 1 amide bonds. The lowest BCUT2D eigenvalue weighted by Gasteiger charge is -2.15. The molecule has 1 N–H and O–H groups in total. The highest BCUT2D eigenvalue weighted by Crippen LogP contribution is 2.23. The smallest absolute Gasteiger partial charge is 0.307 e. The molecule has 0 spiro atoms. The molecule has 0 unspecified atom stereocenters. The van der Waals surface area contributed by atoms with Crippen LogP contribution in [-0.2, 0) is 14.3 Å². The number of nitrogens with one attached hydrogen (secondary N) is 1. The van der Waals surface area contributed by atoms with Crippen molar-refractivity contribution in [3.63, 3.8) is 0 Å². The van der Waals surface area contributed by atoms with E-state index in [1.807, 2.05) is 32.0 Å². The minimum atomic E-state index is -0.985. The molecule has 148 valence electrons. The van der Waals surface area contributed by atoms with Gasteiger partial charge in [-0.1, -0.05) is 35.4 Å². The van der Waals surface area contributed by atoms with Crippen LogP contribution in [0.3, 0.4) is 0 Å².